The first kappa shape index (κ1) is 15.6. The lowest BCUT2D eigenvalue weighted by atomic mass is 9.86. The molecule has 0 aliphatic heterocycles. The molecule has 2 aromatic heterocycles. The largest absolute Gasteiger partial charge is 0.384 e. The first-order valence-electron chi connectivity index (χ1n) is 8.23. The summed E-state index contributed by atoms with van der Waals surface area (Å²) in [4.78, 5) is 4.81. The maximum atomic E-state index is 4.81. The molecule has 0 radical (unpaired) electrons. The molecule has 0 spiro atoms. The first-order chi connectivity index (χ1) is 10.9. The highest BCUT2D eigenvalue weighted by molar-refractivity contribution is 5.67. The average molecular weight is 307 g/mol. The number of rotatable bonds is 3. The Labute approximate surface area is 138 Å². The molecule has 3 aromatic rings. The maximum Gasteiger partial charge on any atom is 0.137 e. The van der Waals surface area contributed by atoms with Gasteiger partial charge in [0.25, 0.3) is 0 Å². The summed E-state index contributed by atoms with van der Waals surface area (Å²) < 4.78 is 2.16. The molecule has 0 unspecified atom stereocenters. The predicted octanol–water partition coefficient (Wildman–Crippen LogP) is 5.04. The highest BCUT2D eigenvalue weighted by atomic mass is 15.0. The Hall–Kier alpha value is -2.29. The van der Waals surface area contributed by atoms with Crippen LogP contribution < -0.4 is 5.32 Å². The number of aryl methyl sites for hydroxylation is 1. The monoisotopic (exact) mass is 307 g/mol. The fourth-order valence-electron chi connectivity index (χ4n) is 2.87. The van der Waals surface area contributed by atoms with E-state index in [-0.39, 0.29) is 5.41 Å². The van der Waals surface area contributed by atoms with Crippen molar-refractivity contribution < 1.29 is 0 Å². The van der Waals surface area contributed by atoms with E-state index >= 15 is 0 Å². The molecule has 0 atom stereocenters. The van der Waals surface area contributed by atoms with Crippen LogP contribution in [0, 0.1) is 6.92 Å². The molecule has 1 N–H and O–H groups in total. The number of nitrogens with zero attached hydrogens (tertiary/aromatic N) is 2. The van der Waals surface area contributed by atoms with Gasteiger partial charge in [-0.2, -0.15) is 0 Å². The SMILES string of the molecule is CCNc1ccc2nc(-c3ccc(C(C)(C)C)cc3)c(C)n2c1. The second kappa shape index (κ2) is 5.73. The van der Waals surface area contributed by atoms with Crippen molar-refractivity contribution >= 4 is 11.3 Å². The Morgan fingerprint density at radius 1 is 1.04 bits per heavy atom. The van der Waals surface area contributed by atoms with E-state index in [0.29, 0.717) is 0 Å². The van der Waals surface area contributed by atoms with Gasteiger partial charge in [-0.1, -0.05) is 45.0 Å². The lowest BCUT2D eigenvalue weighted by Gasteiger charge is -2.19. The number of aromatic nitrogens is 2. The van der Waals surface area contributed by atoms with E-state index in [0.717, 1.165) is 23.6 Å². The second-order valence-corrected chi connectivity index (χ2v) is 7.05. The van der Waals surface area contributed by atoms with Gasteiger partial charge in [-0.15, -0.1) is 0 Å². The predicted molar refractivity (Wildman–Crippen MR) is 98.2 cm³/mol. The third kappa shape index (κ3) is 2.96. The van der Waals surface area contributed by atoms with E-state index < -0.39 is 0 Å². The van der Waals surface area contributed by atoms with Crippen LogP contribution in [0.2, 0.25) is 0 Å². The summed E-state index contributed by atoms with van der Waals surface area (Å²) in [6.45, 7) is 11.9. The number of hydrogen-bond donors (Lipinski definition) is 1. The van der Waals surface area contributed by atoms with Crippen molar-refractivity contribution in [2.45, 2.75) is 40.0 Å². The number of hydrogen-bond acceptors (Lipinski definition) is 2. The van der Waals surface area contributed by atoms with Crippen LogP contribution in [0.3, 0.4) is 0 Å². The molecule has 0 aliphatic carbocycles. The van der Waals surface area contributed by atoms with Gasteiger partial charge in [0, 0.05) is 24.0 Å². The van der Waals surface area contributed by atoms with Crippen LogP contribution >= 0.6 is 0 Å². The van der Waals surface area contributed by atoms with E-state index in [1.807, 2.05) is 0 Å². The highest BCUT2D eigenvalue weighted by Gasteiger charge is 2.15. The molecule has 120 valence electrons. The minimum atomic E-state index is 0.174. The van der Waals surface area contributed by atoms with Crippen molar-refractivity contribution in [1.29, 1.82) is 0 Å². The van der Waals surface area contributed by atoms with Gasteiger partial charge in [0.1, 0.15) is 5.65 Å². The normalized spacial score (nSPS) is 11.9. The van der Waals surface area contributed by atoms with Gasteiger partial charge >= 0.3 is 0 Å². The van der Waals surface area contributed by atoms with Gasteiger partial charge < -0.3 is 9.72 Å². The third-order valence-electron chi connectivity index (χ3n) is 4.26. The molecular weight excluding hydrogens is 282 g/mol. The van der Waals surface area contributed by atoms with Gasteiger partial charge in [0.05, 0.1) is 11.4 Å². The summed E-state index contributed by atoms with van der Waals surface area (Å²) >= 11 is 0. The summed E-state index contributed by atoms with van der Waals surface area (Å²) in [6.07, 6.45) is 2.12. The van der Waals surface area contributed by atoms with Gasteiger partial charge in [-0.25, -0.2) is 4.98 Å². The minimum Gasteiger partial charge on any atom is -0.384 e. The molecule has 0 bridgehead atoms. The van der Waals surface area contributed by atoms with Gasteiger partial charge in [0.15, 0.2) is 0 Å². The number of fused-ring (bicyclic) bond motifs is 1. The lowest BCUT2D eigenvalue weighted by Crippen LogP contribution is -2.10. The summed E-state index contributed by atoms with van der Waals surface area (Å²) in [5.74, 6) is 0. The van der Waals surface area contributed by atoms with Gasteiger partial charge in [-0.05, 0) is 37.0 Å². The quantitative estimate of drug-likeness (QED) is 0.734. The lowest BCUT2D eigenvalue weighted by molar-refractivity contribution is 0.590. The molecular formula is C20H25N3. The van der Waals surface area contributed by atoms with Crippen LogP contribution in [-0.2, 0) is 5.41 Å². The summed E-state index contributed by atoms with van der Waals surface area (Å²) in [7, 11) is 0. The van der Waals surface area contributed by atoms with Crippen molar-refractivity contribution in [3.05, 3.63) is 53.9 Å². The van der Waals surface area contributed by atoms with Crippen LogP contribution in [0.5, 0.6) is 0 Å². The number of anilines is 1. The van der Waals surface area contributed by atoms with Crippen molar-refractivity contribution in [1.82, 2.24) is 9.38 Å². The molecule has 2 heterocycles. The zero-order chi connectivity index (χ0) is 16.6. The summed E-state index contributed by atoms with van der Waals surface area (Å²) in [5, 5.41) is 3.35. The fourth-order valence-corrected chi connectivity index (χ4v) is 2.87. The first-order valence-corrected chi connectivity index (χ1v) is 8.23. The standard InChI is InChI=1S/C20H25N3/c1-6-21-17-11-12-18-22-19(14(2)23(18)13-17)15-7-9-16(10-8-15)20(3,4)5/h7-13,21H,6H2,1-5H3. The van der Waals surface area contributed by atoms with Crippen LogP contribution in [0.1, 0.15) is 39.0 Å². The molecule has 1 aromatic carbocycles. The molecule has 3 rings (SSSR count). The minimum absolute atomic E-state index is 0.174. The molecule has 0 saturated carbocycles. The Bertz CT molecular complexity index is 820. The Balaban J connectivity index is 2.04. The zero-order valence-corrected chi connectivity index (χ0v) is 14.6. The second-order valence-electron chi connectivity index (χ2n) is 7.05. The molecule has 23 heavy (non-hydrogen) atoms. The molecule has 0 saturated heterocycles. The molecule has 3 nitrogen and oxygen atoms in total. The van der Waals surface area contributed by atoms with Crippen LogP contribution in [0.25, 0.3) is 16.9 Å². The van der Waals surface area contributed by atoms with Crippen LogP contribution in [-0.4, -0.2) is 15.9 Å². The number of nitrogens with one attached hydrogen (secondary N) is 1. The Kier molecular flexibility index (Phi) is 3.88. The van der Waals surface area contributed by atoms with Crippen molar-refractivity contribution in [3.63, 3.8) is 0 Å². The number of benzene rings is 1. The van der Waals surface area contributed by atoms with Crippen LogP contribution in [0.15, 0.2) is 42.6 Å². The van der Waals surface area contributed by atoms with Crippen molar-refractivity contribution in [2.24, 2.45) is 0 Å². The van der Waals surface area contributed by atoms with Gasteiger partial charge in [-0.3, -0.25) is 0 Å². The van der Waals surface area contributed by atoms with E-state index in [1.54, 1.807) is 0 Å². The fraction of sp³-hybridized carbons (Fsp3) is 0.350. The highest BCUT2D eigenvalue weighted by Crippen LogP contribution is 2.28. The number of pyridine rings is 1. The summed E-state index contributed by atoms with van der Waals surface area (Å²) in [5.41, 5.74) is 7.02. The molecule has 0 aliphatic rings. The van der Waals surface area contributed by atoms with Crippen LogP contribution in [0.4, 0.5) is 5.69 Å². The molecule has 3 heteroatoms. The maximum absolute atomic E-state index is 4.81. The Morgan fingerprint density at radius 3 is 2.35 bits per heavy atom. The Morgan fingerprint density at radius 2 is 1.74 bits per heavy atom. The van der Waals surface area contributed by atoms with E-state index in [9.17, 15) is 0 Å². The molecule has 0 amide bonds. The van der Waals surface area contributed by atoms with Crippen molar-refractivity contribution in [3.8, 4) is 11.3 Å². The smallest absolute Gasteiger partial charge is 0.137 e. The zero-order valence-electron chi connectivity index (χ0n) is 14.6. The third-order valence-corrected chi connectivity index (χ3v) is 4.26. The molecule has 0 fully saturated rings. The van der Waals surface area contributed by atoms with E-state index in [1.165, 1.54) is 16.8 Å². The average Bonchev–Trinajstić information content (AvgIpc) is 2.84. The topological polar surface area (TPSA) is 29.3 Å². The van der Waals surface area contributed by atoms with Gasteiger partial charge in [0.2, 0.25) is 0 Å². The number of imidazole rings is 1. The van der Waals surface area contributed by atoms with E-state index in [4.69, 9.17) is 4.98 Å². The van der Waals surface area contributed by atoms with E-state index in [2.05, 4.69) is 86.9 Å². The summed E-state index contributed by atoms with van der Waals surface area (Å²) in [6, 6.07) is 12.9. The van der Waals surface area contributed by atoms with Crippen molar-refractivity contribution in [2.75, 3.05) is 11.9 Å².